The molecule has 0 unspecified atom stereocenters. The Morgan fingerprint density at radius 1 is 1.10 bits per heavy atom. The number of carbonyl (C=O) groups excluding carboxylic acids is 1. The van der Waals surface area contributed by atoms with Crippen molar-refractivity contribution in [1.29, 1.82) is 0 Å². The van der Waals surface area contributed by atoms with Gasteiger partial charge in [-0.15, -0.1) is 0 Å². The van der Waals surface area contributed by atoms with E-state index in [1.165, 1.54) is 11.3 Å². The highest BCUT2D eigenvalue weighted by Crippen LogP contribution is 2.36. The van der Waals surface area contributed by atoms with Crippen LogP contribution in [0, 0.1) is 13.8 Å². The van der Waals surface area contributed by atoms with Gasteiger partial charge in [0.1, 0.15) is 11.8 Å². The molecule has 218 valence electrons. The van der Waals surface area contributed by atoms with E-state index in [0.717, 1.165) is 22.6 Å². The zero-order chi connectivity index (χ0) is 30.3. The maximum absolute atomic E-state index is 14.2. The van der Waals surface area contributed by atoms with Crippen LogP contribution in [0.25, 0.3) is 11.8 Å². The summed E-state index contributed by atoms with van der Waals surface area (Å²) in [5.74, 6) is 0.0799. The number of thiazole rings is 1. The smallest absolute Gasteiger partial charge is 0.338 e. The van der Waals surface area contributed by atoms with Crippen LogP contribution in [0.1, 0.15) is 56.3 Å². The third kappa shape index (κ3) is 5.46. The van der Waals surface area contributed by atoms with Gasteiger partial charge in [0.25, 0.3) is 5.56 Å². The molecule has 0 spiro atoms. The summed E-state index contributed by atoms with van der Waals surface area (Å²) in [7, 11) is 0. The van der Waals surface area contributed by atoms with Crippen LogP contribution in [0.15, 0.2) is 69.6 Å². The minimum Gasteiger partial charge on any atom is -0.491 e. The van der Waals surface area contributed by atoms with Gasteiger partial charge in [0, 0.05) is 22.6 Å². The summed E-state index contributed by atoms with van der Waals surface area (Å²) >= 11 is 13.7. The maximum Gasteiger partial charge on any atom is 0.338 e. The van der Waals surface area contributed by atoms with E-state index < -0.39 is 12.0 Å². The first kappa shape index (κ1) is 29.9. The Kier molecular flexibility index (Phi) is 8.51. The summed E-state index contributed by atoms with van der Waals surface area (Å²) in [4.78, 5) is 32.6. The summed E-state index contributed by atoms with van der Waals surface area (Å²) in [6.07, 6.45) is 1.76. The number of ether oxygens (including phenoxy) is 2. The van der Waals surface area contributed by atoms with Gasteiger partial charge in [0.15, 0.2) is 4.80 Å². The first-order valence-corrected chi connectivity index (χ1v) is 15.2. The van der Waals surface area contributed by atoms with Gasteiger partial charge in [-0.05, 0) is 83.5 Å². The molecule has 0 saturated carbocycles. The van der Waals surface area contributed by atoms with Crippen LogP contribution < -0.4 is 19.6 Å². The van der Waals surface area contributed by atoms with Gasteiger partial charge < -0.3 is 14.0 Å². The number of carbonyl (C=O) groups is 1. The standard InChI is InChI=1S/C32H31Cl2N3O4S/c1-7-40-31(39)28-19(5)35-32-37(29(28)23-10-8-9-11-26(23)41-17(2)3)30(38)27(42-32)15-21-14-18(4)36(20(21)6)22-12-13-24(33)25(34)16-22/h8-17,29H,7H2,1-6H3/b27-15-/t29-/m0/s1. The third-order valence-electron chi connectivity index (χ3n) is 7.01. The Labute approximate surface area is 258 Å². The molecule has 5 rings (SSSR count). The molecular formula is C32H31Cl2N3O4S. The van der Waals surface area contributed by atoms with Crippen molar-refractivity contribution in [1.82, 2.24) is 9.13 Å². The monoisotopic (exact) mass is 623 g/mol. The number of esters is 1. The first-order chi connectivity index (χ1) is 20.0. The Bertz CT molecular complexity index is 1920. The number of nitrogens with zero attached hydrogens (tertiary/aromatic N) is 3. The molecule has 1 aliphatic heterocycles. The third-order valence-corrected chi connectivity index (χ3v) is 8.73. The number of hydrogen-bond acceptors (Lipinski definition) is 6. The van der Waals surface area contributed by atoms with Crippen LogP contribution in [-0.4, -0.2) is 27.8 Å². The van der Waals surface area contributed by atoms with E-state index in [9.17, 15) is 9.59 Å². The molecule has 0 saturated heterocycles. The summed E-state index contributed by atoms with van der Waals surface area (Å²) in [6, 6.07) is 14.2. The zero-order valence-corrected chi connectivity index (χ0v) is 26.5. The number of hydrogen-bond donors (Lipinski definition) is 0. The lowest BCUT2D eigenvalue weighted by atomic mass is 9.95. The van der Waals surface area contributed by atoms with E-state index >= 15 is 0 Å². The van der Waals surface area contributed by atoms with Crippen molar-refractivity contribution in [2.24, 2.45) is 4.99 Å². The van der Waals surface area contributed by atoms with Gasteiger partial charge in [0.05, 0.1) is 38.6 Å². The lowest BCUT2D eigenvalue weighted by Gasteiger charge is -2.26. The largest absolute Gasteiger partial charge is 0.491 e. The lowest BCUT2D eigenvalue weighted by molar-refractivity contribution is -0.139. The van der Waals surface area contributed by atoms with Crippen molar-refractivity contribution >= 4 is 46.6 Å². The number of benzene rings is 2. The molecule has 4 aromatic rings. The van der Waals surface area contributed by atoms with Gasteiger partial charge in [-0.1, -0.05) is 52.7 Å². The molecule has 2 aromatic heterocycles. The van der Waals surface area contributed by atoms with Crippen LogP contribution in [0.5, 0.6) is 5.75 Å². The second-order valence-corrected chi connectivity index (χ2v) is 12.1. The van der Waals surface area contributed by atoms with Gasteiger partial charge in [0.2, 0.25) is 0 Å². The van der Waals surface area contributed by atoms with Crippen molar-refractivity contribution in [3.8, 4) is 11.4 Å². The summed E-state index contributed by atoms with van der Waals surface area (Å²) in [5.41, 5.74) is 4.92. The molecule has 0 N–H and O–H groups in total. The topological polar surface area (TPSA) is 74.8 Å². The number of rotatable bonds is 7. The van der Waals surface area contributed by atoms with Gasteiger partial charge in [-0.2, -0.15) is 0 Å². The van der Waals surface area contributed by atoms with Crippen molar-refractivity contribution in [3.05, 3.63) is 112 Å². The van der Waals surface area contributed by atoms with E-state index in [0.29, 0.717) is 42.0 Å². The number of aryl methyl sites for hydroxylation is 1. The van der Waals surface area contributed by atoms with Crippen LogP contribution in [0.2, 0.25) is 10.0 Å². The molecule has 3 heterocycles. The molecule has 2 aromatic carbocycles. The maximum atomic E-state index is 14.2. The average molecular weight is 625 g/mol. The number of para-hydroxylation sites is 1. The SMILES string of the molecule is CCOC(=O)C1=C(C)N=c2s/c(=C\c3cc(C)n(-c4ccc(Cl)c(Cl)c4)c3C)c(=O)n2[C@H]1c1ccccc1OC(C)C. The molecule has 0 radical (unpaired) electrons. The quantitative estimate of drug-likeness (QED) is 0.226. The van der Waals surface area contributed by atoms with E-state index in [4.69, 9.17) is 37.7 Å². The minimum absolute atomic E-state index is 0.108. The Morgan fingerprint density at radius 3 is 2.52 bits per heavy atom. The number of halogens is 2. The second-order valence-electron chi connectivity index (χ2n) is 10.3. The number of allylic oxidation sites excluding steroid dienone is 1. The highest BCUT2D eigenvalue weighted by atomic mass is 35.5. The average Bonchev–Trinajstić information content (AvgIpc) is 3.39. The summed E-state index contributed by atoms with van der Waals surface area (Å²) in [6.45, 7) is 11.6. The predicted octanol–water partition coefficient (Wildman–Crippen LogP) is 6.30. The van der Waals surface area contributed by atoms with Crippen molar-refractivity contribution in [2.75, 3.05) is 6.61 Å². The number of aromatic nitrogens is 2. The normalized spacial score (nSPS) is 15.2. The van der Waals surface area contributed by atoms with Crippen LogP contribution in [0.3, 0.4) is 0 Å². The van der Waals surface area contributed by atoms with Gasteiger partial charge in [-0.3, -0.25) is 9.36 Å². The van der Waals surface area contributed by atoms with Crippen molar-refractivity contribution in [3.63, 3.8) is 0 Å². The lowest BCUT2D eigenvalue weighted by Crippen LogP contribution is -2.40. The van der Waals surface area contributed by atoms with Crippen molar-refractivity contribution in [2.45, 2.75) is 53.7 Å². The van der Waals surface area contributed by atoms with Crippen molar-refractivity contribution < 1.29 is 14.3 Å². The number of fused-ring (bicyclic) bond motifs is 1. The highest BCUT2D eigenvalue weighted by molar-refractivity contribution is 7.07. The first-order valence-electron chi connectivity index (χ1n) is 13.6. The molecule has 0 amide bonds. The molecule has 1 atom stereocenters. The second kappa shape index (κ2) is 12.0. The predicted molar refractivity (Wildman–Crippen MR) is 168 cm³/mol. The molecule has 0 fully saturated rings. The van der Waals surface area contributed by atoms with Gasteiger partial charge in [-0.25, -0.2) is 9.79 Å². The molecule has 7 nitrogen and oxygen atoms in total. The Morgan fingerprint density at radius 2 is 1.83 bits per heavy atom. The summed E-state index contributed by atoms with van der Waals surface area (Å²) in [5, 5.41) is 0.947. The van der Waals surface area contributed by atoms with E-state index in [1.54, 1.807) is 24.5 Å². The Balaban J connectivity index is 1.71. The fourth-order valence-electron chi connectivity index (χ4n) is 5.25. The molecule has 1 aliphatic rings. The van der Waals surface area contributed by atoms with E-state index in [2.05, 4.69) is 4.57 Å². The fraction of sp³-hybridized carbons (Fsp3) is 0.281. The van der Waals surface area contributed by atoms with Crippen LogP contribution in [0.4, 0.5) is 0 Å². The molecule has 42 heavy (non-hydrogen) atoms. The van der Waals surface area contributed by atoms with E-state index in [-0.39, 0.29) is 18.3 Å². The summed E-state index contributed by atoms with van der Waals surface area (Å²) < 4.78 is 15.7. The Hall–Kier alpha value is -3.59. The molecule has 10 heteroatoms. The minimum atomic E-state index is -0.763. The van der Waals surface area contributed by atoms with E-state index in [1.807, 2.05) is 76.2 Å². The molecule has 0 aliphatic carbocycles. The molecular weight excluding hydrogens is 593 g/mol. The molecule has 0 bridgehead atoms. The fourth-order valence-corrected chi connectivity index (χ4v) is 6.58. The van der Waals surface area contributed by atoms with Crippen LogP contribution in [-0.2, 0) is 9.53 Å². The van der Waals surface area contributed by atoms with Gasteiger partial charge >= 0.3 is 5.97 Å². The van der Waals surface area contributed by atoms with Crippen LogP contribution >= 0.6 is 34.5 Å². The highest BCUT2D eigenvalue weighted by Gasteiger charge is 2.35. The zero-order valence-electron chi connectivity index (χ0n) is 24.2.